The summed E-state index contributed by atoms with van der Waals surface area (Å²) in [6.45, 7) is 9.66. The topological polar surface area (TPSA) is 78.9 Å². The van der Waals surface area contributed by atoms with Crippen LogP contribution in [0.3, 0.4) is 0 Å². The lowest BCUT2D eigenvalue weighted by atomic mass is 9.76. The molecule has 3 aliphatic rings. The van der Waals surface area contributed by atoms with Gasteiger partial charge < -0.3 is 14.5 Å². The van der Waals surface area contributed by atoms with Crippen molar-refractivity contribution in [2.45, 2.75) is 38.0 Å². The Labute approximate surface area is 219 Å². The van der Waals surface area contributed by atoms with Crippen molar-refractivity contribution in [3.05, 3.63) is 53.7 Å². The molecule has 2 aromatic carbocycles. The van der Waals surface area contributed by atoms with Crippen LogP contribution in [0.4, 0.5) is 11.8 Å². The molecule has 0 bridgehead atoms. The summed E-state index contributed by atoms with van der Waals surface area (Å²) in [5, 5.41) is 1.71. The predicted octanol–water partition coefficient (Wildman–Crippen LogP) is 3.49. The maximum atomic E-state index is 13.7. The third-order valence-electron chi connectivity index (χ3n) is 7.96. The van der Waals surface area contributed by atoms with E-state index in [1.54, 1.807) is 10.4 Å². The van der Waals surface area contributed by atoms with Crippen LogP contribution >= 0.6 is 0 Å². The molecule has 3 heterocycles. The van der Waals surface area contributed by atoms with Crippen molar-refractivity contribution < 1.29 is 13.2 Å². The SMILES string of the molecule is CC1(C)CCc2c(nc(N3CCOCC3)nc2N2CCN(S(=O)(=O)c3cccc4ccccc34)CC2)C1. The van der Waals surface area contributed by atoms with Crippen molar-refractivity contribution in [3.63, 3.8) is 0 Å². The van der Waals surface area contributed by atoms with E-state index < -0.39 is 10.0 Å². The normalized spacial score (nSPS) is 20.7. The van der Waals surface area contributed by atoms with E-state index in [1.165, 1.54) is 5.56 Å². The Balaban J connectivity index is 1.28. The molecule has 37 heavy (non-hydrogen) atoms. The molecule has 2 fully saturated rings. The van der Waals surface area contributed by atoms with Crippen molar-refractivity contribution in [2.75, 3.05) is 62.3 Å². The molecule has 0 unspecified atom stereocenters. The number of hydrogen-bond donors (Lipinski definition) is 0. The van der Waals surface area contributed by atoms with Crippen LogP contribution < -0.4 is 9.80 Å². The van der Waals surface area contributed by atoms with E-state index in [2.05, 4.69) is 23.6 Å². The summed E-state index contributed by atoms with van der Waals surface area (Å²) in [6.07, 6.45) is 2.99. The number of morpholine rings is 1. The van der Waals surface area contributed by atoms with Crippen molar-refractivity contribution in [2.24, 2.45) is 5.41 Å². The molecule has 0 saturated carbocycles. The van der Waals surface area contributed by atoms with Gasteiger partial charge >= 0.3 is 0 Å². The van der Waals surface area contributed by atoms with Gasteiger partial charge in [-0.15, -0.1) is 0 Å². The first kappa shape index (κ1) is 24.6. The van der Waals surface area contributed by atoms with Crippen LogP contribution in [0.25, 0.3) is 10.8 Å². The first-order valence-electron chi connectivity index (χ1n) is 13.3. The van der Waals surface area contributed by atoms with E-state index in [1.807, 2.05) is 36.4 Å². The average Bonchev–Trinajstić information content (AvgIpc) is 2.92. The summed E-state index contributed by atoms with van der Waals surface area (Å²) in [5.74, 6) is 1.77. The largest absolute Gasteiger partial charge is 0.378 e. The molecule has 0 radical (unpaired) electrons. The molecule has 9 heteroatoms. The van der Waals surface area contributed by atoms with Crippen LogP contribution in [0.15, 0.2) is 47.4 Å². The summed E-state index contributed by atoms with van der Waals surface area (Å²) in [6, 6.07) is 13.2. The number of anilines is 2. The van der Waals surface area contributed by atoms with Gasteiger partial charge in [-0.05, 0) is 36.1 Å². The molecule has 0 amide bonds. The van der Waals surface area contributed by atoms with Gasteiger partial charge in [0.05, 0.1) is 23.8 Å². The van der Waals surface area contributed by atoms with E-state index in [0.29, 0.717) is 44.3 Å². The van der Waals surface area contributed by atoms with E-state index in [0.717, 1.165) is 60.6 Å². The minimum atomic E-state index is -3.60. The Morgan fingerprint density at radius 2 is 1.59 bits per heavy atom. The van der Waals surface area contributed by atoms with Crippen molar-refractivity contribution in [1.29, 1.82) is 0 Å². The Morgan fingerprint density at radius 3 is 2.38 bits per heavy atom. The number of ether oxygens (including phenoxy) is 1. The van der Waals surface area contributed by atoms with Crippen molar-refractivity contribution in [1.82, 2.24) is 14.3 Å². The highest BCUT2D eigenvalue weighted by Gasteiger charge is 2.34. The van der Waals surface area contributed by atoms with Gasteiger partial charge in [0.15, 0.2) is 0 Å². The lowest BCUT2D eigenvalue weighted by Gasteiger charge is -2.39. The maximum Gasteiger partial charge on any atom is 0.243 e. The lowest BCUT2D eigenvalue weighted by molar-refractivity contribution is 0.122. The predicted molar refractivity (Wildman–Crippen MR) is 146 cm³/mol. The minimum Gasteiger partial charge on any atom is -0.378 e. The Morgan fingerprint density at radius 1 is 0.865 bits per heavy atom. The molecule has 1 aliphatic carbocycles. The van der Waals surface area contributed by atoms with Crippen molar-refractivity contribution >= 4 is 32.6 Å². The van der Waals surface area contributed by atoms with E-state index in [-0.39, 0.29) is 5.41 Å². The summed E-state index contributed by atoms with van der Waals surface area (Å²) in [4.78, 5) is 15.0. The molecule has 0 atom stereocenters. The van der Waals surface area contributed by atoms with Crippen molar-refractivity contribution in [3.8, 4) is 0 Å². The molecular weight excluding hydrogens is 486 g/mol. The van der Waals surface area contributed by atoms with Gasteiger partial charge in [-0.3, -0.25) is 0 Å². The van der Waals surface area contributed by atoms with Crippen LogP contribution in [0, 0.1) is 5.41 Å². The zero-order chi connectivity index (χ0) is 25.6. The number of piperazine rings is 1. The summed E-state index contributed by atoms with van der Waals surface area (Å²) in [7, 11) is -3.60. The van der Waals surface area contributed by atoms with Gasteiger partial charge in [0, 0.05) is 50.2 Å². The summed E-state index contributed by atoms with van der Waals surface area (Å²) >= 11 is 0. The second kappa shape index (κ2) is 9.53. The summed E-state index contributed by atoms with van der Waals surface area (Å²) < 4.78 is 34.5. The van der Waals surface area contributed by atoms with Gasteiger partial charge in [0.2, 0.25) is 16.0 Å². The highest BCUT2D eigenvalue weighted by atomic mass is 32.2. The number of benzene rings is 2. The van der Waals surface area contributed by atoms with Gasteiger partial charge in [0.25, 0.3) is 0 Å². The first-order chi connectivity index (χ1) is 17.8. The summed E-state index contributed by atoms with van der Waals surface area (Å²) in [5.41, 5.74) is 2.60. The average molecular weight is 522 g/mol. The lowest BCUT2D eigenvalue weighted by Crippen LogP contribution is -2.49. The minimum absolute atomic E-state index is 0.214. The van der Waals surface area contributed by atoms with Crippen LogP contribution in [-0.4, -0.2) is 75.2 Å². The quantitative estimate of drug-likeness (QED) is 0.520. The fraction of sp³-hybridized carbons (Fsp3) is 0.500. The van der Waals surface area contributed by atoms with Crippen LogP contribution in [0.2, 0.25) is 0 Å². The first-order valence-corrected chi connectivity index (χ1v) is 14.7. The number of hydrogen-bond acceptors (Lipinski definition) is 7. The number of aromatic nitrogens is 2. The third-order valence-corrected chi connectivity index (χ3v) is 9.91. The second-order valence-electron chi connectivity index (χ2n) is 11.1. The standard InChI is InChI=1S/C28H35N5O3S/c1-28(2)11-10-23-24(20-28)29-27(32-16-18-36-19-17-32)30-26(23)31-12-14-33(15-13-31)37(34,35)25-9-5-7-21-6-3-4-8-22(21)25/h3-9H,10-20H2,1-2H3. The van der Waals surface area contributed by atoms with E-state index >= 15 is 0 Å². The molecule has 2 saturated heterocycles. The van der Waals surface area contributed by atoms with Gasteiger partial charge in [-0.1, -0.05) is 50.2 Å². The smallest absolute Gasteiger partial charge is 0.243 e. The number of sulfonamides is 1. The highest BCUT2D eigenvalue weighted by molar-refractivity contribution is 7.89. The molecular formula is C28H35N5O3S. The van der Waals surface area contributed by atoms with E-state index in [9.17, 15) is 8.42 Å². The Bertz CT molecular complexity index is 1410. The van der Waals surface area contributed by atoms with Gasteiger partial charge in [-0.2, -0.15) is 9.29 Å². The number of nitrogens with zero attached hydrogens (tertiary/aromatic N) is 5. The maximum absolute atomic E-state index is 13.7. The fourth-order valence-electron chi connectivity index (χ4n) is 5.78. The van der Waals surface area contributed by atoms with E-state index in [4.69, 9.17) is 14.7 Å². The number of rotatable bonds is 4. The highest BCUT2D eigenvalue weighted by Crippen LogP contribution is 2.39. The van der Waals surface area contributed by atoms with Gasteiger partial charge in [-0.25, -0.2) is 13.4 Å². The Kier molecular flexibility index (Phi) is 6.33. The molecule has 1 aromatic heterocycles. The zero-order valence-electron chi connectivity index (χ0n) is 21.7. The molecule has 8 nitrogen and oxygen atoms in total. The van der Waals surface area contributed by atoms with Gasteiger partial charge in [0.1, 0.15) is 5.82 Å². The molecule has 196 valence electrons. The molecule has 0 N–H and O–H groups in total. The Hall–Kier alpha value is -2.75. The monoisotopic (exact) mass is 521 g/mol. The van der Waals surface area contributed by atoms with Crippen LogP contribution in [-0.2, 0) is 27.6 Å². The molecule has 3 aromatic rings. The molecule has 0 spiro atoms. The third kappa shape index (κ3) is 4.69. The number of fused-ring (bicyclic) bond motifs is 2. The second-order valence-corrected chi connectivity index (χ2v) is 13.0. The van der Waals surface area contributed by atoms with Crippen LogP contribution in [0.5, 0.6) is 0 Å². The van der Waals surface area contributed by atoms with Crippen LogP contribution in [0.1, 0.15) is 31.5 Å². The molecule has 6 rings (SSSR count). The zero-order valence-corrected chi connectivity index (χ0v) is 22.5. The molecule has 2 aliphatic heterocycles. The fourth-order valence-corrected chi connectivity index (χ4v) is 7.41.